The second-order valence-electron chi connectivity index (χ2n) is 10.9. The van der Waals surface area contributed by atoms with Gasteiger partial charge in [-0.25, -0.2) is 0 Å². The summed E-state index contributed by atoms with van der Waals surface area (Å²) in [5.74, 6) is -2.41. The van der Waals surface area contributed by atoms with Crippen LogP contribution in [0, 0.1) is 5.92 Å². The van der Waals surface area contributed by atoms with Crippen molar-refractivity contribution in [3.8, 4) is 0 Å². The molecule has 3 aromatic rings. The van der Waals surface area contributed by atoms with Gasteiger partial charge in [0.1, 0.15) is 12.1 Å². The Kier molecular flexibility index (Phi) is 9.34. The van der Waals surface area contributed by atoms with E-state index in [0.717, 1.165) is 16.5 Å². The number of hydrogen-bond acceptors (Lipinski definition) is 5. The second kappa shape index (κ2) is 12.4. The van der Waals surface area contributed by atoms with Gasteiger partial charge in [0, 0.05) is 23.5 Å². The summed E-state index contributed by atoms with van der Waals surface area (Å²) in [4.78, 5) is 56.7. The lowest BCUT2D eigenvalue weighted by Gasteiger charge is -2.25. The van der Waals surface area contributed by atoms with Crippen molar-refractivity contribution in [3.63, 3.8) is 0 Å². The number of carbonyl (C=O) groups is 4. The standard InChI is InChI=1S/C30H36N4O4/c1-19(2)15-25(33-27(36)22-17-21-13-9-10-14-23(21)31-18-22)28(37)32-24(16-20-11-7-6-8-12-20)26(35)29(38)34-30(3,4)5/h6-14,17-19,24-25H,15-16H2,1-5H3,(H,32,37)(H,33,36)(H,34,38)/t24?,25-/m0/s1. The lowest BCUT2D eigenvalue weighted by molar-refractivity contribution is -0.141. The number of fused-ring (bicyclic) bond motifs is 1. The highest BCUT2D eigenvalue weighted by molar-refractivity contribution is 6.38. The average Bonchev–Trinajstić information content (AvgIpc) is 2.86. The number of nitrogens with zero attached hydrogens (tertiary/aromatic N) is 1. The summed E-state index contributed by atoms with van der Waals surface area (Å²) in [6.45, 7) is 9.21. The van der Waals surface area contributed by atoms with Gasteiger partial charge in [0.2, 0.25) is 11.7 Å². The molecule has 0 saturated heterocycles. The maximum Gasteiger partial charge on any atom is 0.290 e. The molecule has 0 radical (unpaired) electrons. The van der Waals surface area contributed by atoms with Gasteiger partial charge in [-0.15, -0.1) is 0 Å². The van der Waals surface area contributed by atoms with Crippen LogP contribution in [0.15, 0.2) is 66.9 Å². The van der Waals surface area contributed by atoms with Gasteiger partial charge in [-0.1, -0.05) is 62.4 Å². The van der Waals surface area contributed by atoms with Crippen molar-refractivity contribution >= 4 is 34.4 Å². The van der Waals surface area contributed by atoms with Gasteiger partial charge in [0.05, 0.1) is 11.1 Å². The number of amides is 3. The van der Waals surface area contributed by atoms with Crippen LogP contribution in [0.3, 0.4) is 0 Å². The molecule has 3 N–H and O–H groups in total. The Bertz CT molecular complexity index is 1300. The summed E-state index contributed by atoms with van der Waals surface area (Å²) >= 11 is 0. The van der Waals surface area contributed by atoms with E-state index in [1.54, 1.807) is 26.8 Å². The summed E-state index contributed by atoms with van der Waals surface area (Å²) in [5.41, 5.74) is 1.26. The molecule has 1 unspecified atom stereocenters. The van der Waals surface area contributed by atoms with E-state index in [0.29, 0.717) is 12.0 Å². The fourth-order valence-corrected chi connectivity index (χ4v) is 4.03. The van der Waals surface area contributed by atoms with Crippen LogP contribution in [-0.2, 0) is 20.8 Å². The molecule has 0 spiro atoms. The molecule has 0 aliphatic rings. The number of aromatic nitrogens is 1. The molecule has 3 amide bonds. The Hall–Kier alpha value is -4.07. The predicted molar refractivity (Wildman–Crippen MR) is 147 cm³/mol. The highest BCUT2D eigenvalue weighted by Gasteiger charge is 2.32. The van der Waals surface area contributed by atoms with Gasteiger partial charge >= 0.3 is 0 Å². The third-order valence-corrected chi connectivity index (χ3v) is 5.81. The number of pyridine rings is 1. The van der Waals surface area contributed by atoms with Crippen LogP contribution in [-0.4, -0.2) is 46.1 Å². The Morgan fingerprint density at radius 3 is 2.18 bits per heavy atom. The number of rotatable bonds is 10. The molecule has 8 heteroatoms. The molecule has 38 heavy (non-hydrogen) atoms. The van der Waals surface area contributed by atoms with Crippen molar-refractivity contribution in [1.29, 1.82) is 0 Å². The third-order valence-electron chi connectivity index (χ3n) is 5.81. The topological polar surface area (TPSA) is 117 Å². The summed E-state index contributed by atoms with van der Waals surface area (Å²) < 4.78 is 0. The van der Waals surface area contributed by atoms with E-state index in [1.807, 2.05) is 68.4 Å². The van der Waals surface area contributed by atoms with E-state index >= 15 is 0 Å². The molecular formula is C30H36N4O4. The Labute approximate surface area is 223 Å². The molecule has 200 valence electrons. The van der Waals surface area contributed by atoms with E-state index in [-0.39, 0.29) is 12.3 Å². The number of nitrogens with one attached hydrogen (secondary N) is 3. The summed E-state index contributed by atoms with van der Waals surface area (Å²) in [6, 6.07) is 16.3. The van der Waals surface area contributed by atoms with Gasteiger partial charge in [-0.3, -0.25) is 24.2 Å². The first-order chi connectivity index (χ1) is 17.9. The van der Waals surface area contributed by atoms with Crippen molar-refractivity contribution in [1.82, 2.24) is 20.9 Å². The molecular weight excluding hydrogens is 480 g/mol. The first-order valence-corrected chi connectivity index (χ1v) is 12.8. The van der Waals surface area contributed by atoms with Crippen molar-refractivity contribution < 1.29 is 19.2 Å². The molecule has 0 fully saturated rings. The molecule has 0 aliphatic carbocycles. The fourth-order valence-electron chi connectivity index (χ4n) is 4.03. The number of carbonyl (C=O) groups excluding carboxylic acids is 4. The fraction of sp³-hybridized carbons (Fsp3) is 0.367. The smallest absolute Gasteiger partial charge is 0.290 e. The van der Waals surface area contributed by atoms with Gasteiger partial charge in [-0.05, 0) is 50.8 Å². The van der Waals surface area contributed by atoms with E-state index in [4.69, 9.17) is 0 Å². The first-order valence-electron chi connectivity index (χ1n) is 12.8. The molecule has 3 rings (SSSR count). The maximum atomic E-state index is 13.4. The van der Waals surface area contributed by atoms with Gasteiger partial charge in [0.25, 0.3) is 11.8 Å². The van der Waals surface area contributed by atoms with Crippen LogP contribution in [0.25, 0.3) is 10.9 Å². The predicted octanol–water partition coefficient (Wildman–Crippen LogP) is 3.59. The highest BCUT2D eigenvalue weighted by Crippen LogP contribution is 2.14. The summed E-state index contributed by atoms with van der Waals surface area (Å²) in [6.07, 6.45) is 1.96. The van der Waals surface area contributed by atoms with E-state index in [2.05, 4.69) is 20.9 Å². The number of ketones is 1. The minimum atomic E-state index is -1.10. The molecule has 8 nitrogen and oxygen atoms in total. The number of para-hydroxylation sites is 1. The van der Waals surface area contributed by atoms with Crippen LogP contribution in [0.1, 0.15) is 57.0 Å². The second-order valence-corrected chi connectivity index (χ2v) is 10.9. The lowest BCUT2D eigenvalue weighted by Crippen LogP contribution is -2.56. The average molecular weight is 517 g/mol. The molecule has 2 aromatic carbocycles. The van der Waals surface area contributed by atoms with E-state index < -0.39 is 41.1 Å². The number of benzene rings is 2. The minimum Gasteiger partial charge on any atom is -0.345 e. The highest BCUT2D eigenvalue weighted by atomic mass is 16.2. The third kappa shape index (κ3) is 8.23. The zero-order valence-electron chi connectivity index (χ0n) is 22.6. The van der Waals surface area contributed by atoms with E-state index in [1.165, 1.54) is 6.20 Å². The first kappa shape index (κ1) is 28.5. The van der Waals surface area contributed by atoms with Crippen molar-refractivity contribution in [2.75, 3.05) is 0 Å². The zero-order chi connectivity index (χ0) is 27.9. The van der Waals surface area contributed by atoms with Gasteiger partial charge in [-0.2, -0.15) is 0 Å². The molecule has 0 aliphatic heterocycles. The van der Waals surface area contributed by atoms with Gasteiger partial charge in [0.15, 0.2) is 0 Å². The Balaban J connectivity index is 1.81. The lowest BCUT2D eigenvalue weighted by atomic mass is 9.98. The van der Waals surface area contributed by atoms with Crippen LogP contribution < -0.4 is 16.0 Å². The van der Waals surface area contributed by atoms with Crippen molar-refractivity contribution in [3.05, 3.63) is 78.0 Å². The molecule has 0 bridgehead atoms. The van der Waals surface area contributed by atoms with Gasteiger partial charge < -0.3 is 16.0 Å². The normalized spacial score (nSPS) is 13.0. The monoisotopic (exact) mass is 516 g/mol. The molecule has 1 aromatic heterocycles. The zero-order valence-corrected chi connectivity index (χ0v) is 22.6. The molecule has 1 heterocycles. The van der Waals surface area contributed by atoms with E-state index in [9.17, 15) is 19.2 Å². The number of hydrogen-bond donors (Lipinski definition) is 3. The minimum absolute atomic E-state index is 0.0771. The summed E-state index contributed by atoms with van der Waals surface area (Å²) in [7, 11) is 0. The summed E-state index contributed by atoms with van der Waals surface area (Å²) in [5, 5.41) is 9.03. The van der Waals surface area contributed by atoms with Crippen LogP contribution in [0.2, 0.25) is 0 Å². The number of Topliss-reactive ketones (excluding diaryl/α,β-unsaturated/α-hetero) is 1. The Morgan fingerprint density at radius 2 is 1.53 bits per heavy atom. The molecule has 2 atom stereocenters. The Morgan fingerprint density at radius 1 is 0.868 bits per heavy atom. The largest absolute Gasteiger partial charge is 0.345 e. The molecule has 0 saturated carbocycles. The van der Waals surface area contributed by atoms with Crippen molar-refractivity contribution in [2.45, 2.75) is 65.1 Å². The van der Waals surface area contributed by atoms with Crippen LogP contribution in [0.4, 0.5) is 0 Å². The van der Waals surface area contributed by atoms with Crippen LogP contribution in [0.5, 0.6) is 0 Å². The maximum absolute atomic E-state index is 13.4. The van der Waals surface area contributed by atoms with Crippen LogP contribution >= 0.6 is 0 Å². The van der Waals surface area contributed by atoms with Crippen molar-refractivity contribution in [2.24, 2.45) is 5.92 Å². The SMILES string of the molecule is CC(C)C[C@H](NC(=O)c1cnc2ccccc2c1)C(=O)NC(Cc1ccccc1)C(=O)C(=O)NC(C)(C)C. The quantitative estimate of drug-likeness (QED) is 0.356.